The van der Waals surface area contributed by atoms with E-state index in [1.165, 1.54) is 11.0 Å². The minimum absolute atomic E-state index is 0. The largest absolute Gasteiger partial charge is 0.480 e. The summed E-state index contributed by atoms with van der Waals surface area (Å²) < 4.78 is 26.2. The number of hydrogen-bond acceptors (Lipinski definition) is 9. The maximum atomic E-state index is 14.9. The molecular weight excluding hydrogens is 578 g/mol. The molecule has 1 aromatic carbocycles. The normalized spacial score (nSPS) is 21.0. The van der Waals surface area contributed by atoms with Crippen molar-refractivity contribution in [3.05, 3.63) is 35.1 Å². The molecule has 15 heteroatoms. The zero-order valence-electron chi connectivity index (χ0n) is 22.2. The second kappa shape index (κ2) is 11.2. The molecule has 2 amide bonds. The van der Waals surface area contributed by atoms with Crippen molar-refractivity contribution >= 4 is 59.5 Å². The number of rotatable bonds is 5. The van der Waals surface area contributed by atoms with Gasteiger partial charge in [-0.05, 0) is 42.0 Å². The molecular formula is C26H31Cl2FN8O4. The van der Waals surface area contributed by atoms with Crippen LogP contribution in [0, 0.1) is 11.7 Å². The van der Waals surface area contributed by atoms with Gasteiger partial charge in [0.2, 0.25) is 0 Å². The predicted octanol–water partition coefficient (Wildman–Crippen LogP) is 2.30. The minimum atomic E-state index is -0.580. The number of pyridine rings is 1. The first-order valence-corrected chi connectivity index (χ1v) is 13.3. The summed E-state index contributed by atoms with van der Waals surface area (Å²) in [6.45, 7) is 3.67. The van der Waals surface area contributed by atoms with E-state index in [4.69, 9.17) is 15.2 Å². The summed E-state index contributed by atoms with van der Waals surface area (Å²) in [6, 6.07) is 4.89. The standard InChI is InChI=1S/C26H29FN8O4.2ClH/c27-18-11-19-23(32-35(31-19)8-5-28)17-10-15(9-16(17)18)12-33-6-3-26(4-7-33)14-34(25(37)39-26)21-2-1-20-24(29-21)30-22(36)13-38-20;;/h1-2,11,15H,3-10,12-14,28H2,(H,29,30,36);2*1H. The van der Waals surface area contributed by atoms with E-state index in [2.05, 4.69) is 25.4 Å². The Morgan fingerprint density at radius 1 is 1.12 bits per heavy atom. The molecule has 5 heterocycles. The molecule has 2 aromatic heterocycles. The van der Waals surface area contributed by atoms with Crippen molar-refractivity contribution in [2.75, 3.05) is 49.5 Å². The van der Waals surface area contributed by atoms with Crippen LogP contribution in [0.5, 0.6) is 5.75 Å². The fourth-order valence-electron chi connectivity index (χ4n) is 6.27. The maximum absolute atomic E-state index is 14.9. The Morgan fingerprint density at radius 3 is 2.68 bits per heavy atom. The fraction of sp³-hybridized carbons (Fsp3) is 0.500. The number of piperidine rings is 1. The number of carbonyl (C=O) groups excluding carboxylic acids is 2. The molecule has 1 unspecified atom stereocenters. The summed E-state index contributed by atoms with van der Waals surface area (Å²) in [5.74, 6) is 0.995. The Hall–Kier alpha value is -3.26. The van der Waals surface area contributed by atoms with Gasteiger partial charge in [-0.2, -0.15) is 15.0 Å². The number of ether oxygens (including phenoxy) is 2. The van der Waals surface area contributed by atoms with E-state index in [9.17, 15) is 14.0 Å². The van der Waals surface area contributed by atoms with Crippen LogP contribution in [0.1, 0.15) is 24.0 Å². The number of anilines is 2. The van der Waals surface area contributed by atoms with E-state index < -0.39 is 11.7 Å². The summed E-state index contributed by atoms with van der Waals surface area (Å²) in [4.78, 5) is 34.4. The van der Waals surface area contributed by atoms with Crippen LogP contribution in [-0.4, -0.2) is 81.8 Å². The third-order valence-electron chi connectivity index (χ3n) is 8.19. The second-order valence-electron chi connectivity index (χ2n) is 10.8. The van der Waals surface area contributed by atoms with Gasteiger partial charge in [-0.15, -0.1) is 24.8 Å². The van der Waals surface area contributed by atoms with Crippen molar-refractivity contribution in [3.63, 3.8) is 0 Å². The summed E-state index contributed by atoms with van der Waals surface area (Å²) in [5.41, 5.74) is 8.13. The number of fused-ring (bicyclic) bond motifs is 4. The smallest absolute Gasteiger partial charge is 0.416 e. The van der Waals surface area contributed by atoms with Gasteiger partial charge < -0.3 is 25.4 Å². The molecule has 3 N–H and O–H groups in total. The average Bonchev–Trinajstić information content (AvgIpc) is 3.61. The molecule has 0 bridgehead atoms. The molecule has 220 valence electrons. The van der Waals surface area contributed by atoms with E-state index in [-0.39, 0.29) is 49.1 Å². The van der Waals surface area contributed by atoms with Gasteiger partial charge in [0.25, 0.3) is 5.91 Å². The fourth-order valence-corrected chi connectivity index (χ4v) is 6.27. The number of aromatic nitrogens is 4. The van der Waals surface area contributed by atoms with Crippen LogP contribution in [0.25, 0.3) is 11.0 Å². The van der Waals surface area contributed by atoms with Crippen LogP contribution in [0.2, 0.25) is 0 Å². The molecule has 41 heavy (non-hydrogen) atoms. The zero-order chi connectivity index (χ0) is 26.7. The monoisotopic (exact) mass is 608 g/mol. The van der Waals surface area contributed by atoms with Crippen molar-refractivity contribution in [2.45, 2.75) is 37.8 Å². The first-order chi connectivity index (χ1) is 18.9. The lowest BCUT2D eigenvalue weighted by Crippen LogP contribution is -2.48. The van der Waals surface area contributed by atoms with Gasteiger partial charge in [0, 0.05) is 45.1 Å². The van der Waals surface area contributed by atoms with Crippen LogP contribution in [0.15, 0.2) is 18.2 Å². The topological polar surface area (TPSA) is 141 Å². The van der Waals surface area contributed by atoms with Gasteiger partial charge in [-0.25, -0.2) is 14.2 Å². The number of hydrogen-bond donors (Lipinski definition) is 2. The molecule has 3 aromatic rings. The summed E-state index contributed by atoms with van der Waals surface area (Å²) in [6.07, 6.45) is 2.40. The number of likely N-dealkylation sites (tertiary alicyclic amines) is 1. The van der Waals surface area contributed by atoms with E-state index in [1.54, 1.807) is 16.9 Å². The minimum Gasteiger partial charge on any atom is -0.480 e. The van der Waals surface area contributed by atoms with Crippen LogP contribution < -0.4 is 20.7 Å². The van der Waals surface area contributed by atoms with Gasteiger partial charge in [0.1, 0.15) is 28.3 Å². The van der Waals surface area contributed by atoms with E-state index in [0.717, 1.165) is 42.7 Å². The lowest BCUT2D eigenvalue weighted by Gasteiger charge is -2.38. The van der Waals surface area contributed by atoms with Crippen LogP contribution in [0.4, 0.5) is 20.8 Å². The molecule has 7 rings (SSSR count). The number of halogens is 3. The molecule has 2 saturated heterocycles. The number of carbonyl (C=O) groups is 2. The SMILES string of the molecule is Cl.Cl.NCCn1nc2cc(F)c3c(c2n1)CC(CN1CCC2(CC1)CN(c1ccc4c(n1)NC(=O)CO4)C(=O)O2)C3. The van der Waals surface area contributed by atoms with E-state index >= 15 is 0 Å². The van der Waals surface area contributed by atoms with Crippen molar-refractivity contribution in [2.24, 2.45) is 11.7 Å². The number of amides is 2. The van der Waals surface area contributed by atoms with Crippen LogP contribution in [-0.2, 0) is 28.9 Å². The van der Waals surface area contributed by atoms with Crippen molar-refractivity contribution < 1.29 is 23.5 Å². The Labute approximate surface area is 247 Å². The van der Waals surface area contributed by atoms with Gasteiger partial charge in [0.15, 0.2) is 18.2 Å². The third-order valence-corrected chi connectivity index (χ3v) is 8.19. The van der Waals surface area contributed by atoms with Gasteiger partial charge in [-0.1, -0.05) is 0 Å². The molecule has 0 radical (unpaired) electrons. The lowest BCUT2D eigenvalue weighted by atomic mass is 9.90. The second-order valence-corrected chi connectivity index (χ2v) is 10.8. The summed E-state index contributed by atoms with van der Waals surface area (Å²) in [5, 5.41) is 11.6. The summed E-state index contributed by atoms with van der Waals surface area (Å²) >= 11 is 0. The lowest BCUT2D eigenvalue weighted by molar-refractivity contribution is -0.118. The van der Waals surface area contributed by atoms with Crippen molar-refractivity contribution in [1.29, 1.82) is 0 Å². The Kier molecular flexibility index (Phi) is 7.99. The summed E-state index contributed by atoms with van der Waals surface area (Å²) in [7, 11) is 0. The molecule has 0 saturated carbocycles. The van der Waals surface area contributed by atoms with E-state index in [0.29, 0.717) is 61.8 Å². The van der Waals surface area contributed by atoms with Crippen molar-refractivity contribution in [3.8, 4) is 5.75 Å². The highest BCUT2D eigenvalue weighted by atomic mass is 35.5. The Balaban J connectivity index is 0.00000169. The molecule has 3 aliphatic heterocycles. The average molecular weight is 609 g/mol. The Bertz CT molecular complexity index is 1500. The van der Waals surface area contributed by atoms with Crippen molar-refractivity contribution in [1.82, 2.24) is 24.9 Å². The molecule has 4 aliphatic rings. The maximum Gasteiger partial charge on any atom is 0.416 e. The number of nitrogens with one attached hydrogen (secondary N) is 1. The Morgan fingerprint density at radius 2 is 1.90 bits per heavy atom. The third kappa shape index (κ3) is 5.27. The quantitative estimate of drug-likeness (QED) is 0.446. The van der Waals surface area contributed by atoms with Gasteiger partial charge in [0.05, 0.1) is 13.1 Å². The number of nitrogens with two attached hydrogens (primary N) is 1. The highest BCUT2D eigenvalue weighted by Crippen LogP contribution is 2.39. The highest BCUT2D eigenvalue weighted by molar-refractivity contribution is 5.95. The molecule has 12 nitrogen and oxygen atoms in total. The van der Waals surface area contributed by atoms with Crippen LogP contribution >= 0.6 is 24.8 Å². The van der Waals surface area contributed by atoms with E-state index in [1.807, 2.05) is 0 Å². The number of benzene rings is 1. The number of nitrogens with zero attached hydrogens (tertiary/aromatic N) is 6. The predicted molar refractivity (Wildman–Crippen MR) is 153 cm³/mol. The molecule has 2 fully saturated rings. The zero-order valence-corrected chi connectivity index (χ0v) is 23.8. The first-order valence-electron chi connectivity index (χ1n) is 13.3. The first kappa shape index (κ1) is 29.2. The highest BCUT2D eigenvalue weighted by Gasteiger charge is 2.48. The van der Waals surface area contributed by atoms with Gasteiger partial charge >= 0.3 is 6.09 Å². The molecule has 1 spiro atoms. The molecule has 1 aliphatic carbocycles. The van der Waals surface area contributed by atoms with Crippen LogP contribution in [0.3, 0.4) is 0 Å². The van der Waals surface area contributed by atoms with Gasteiger partial charge in [-0.3, -0.25) is 9.69 Å². The molecule has 1 atom stereocenters.